The third-order valence-electron chi connectivity index (χ3n) is 8.15. The highest BCUT2D eigenvalue weighted by molar-refractivity contribution is 5.72. The summed E-state index contributed by atoms with van der Waals surface area (Å²) >= 11 is 0. The Balaban J connectivity index is 1.35. The molecule has 0 amide bonds. The van der Waals surface area contributed by atoms with Crippen LogP contribution in [0.4, 0.5) is 5.95 Å². The molecule has 12 nitrogen and oxygen atoms in total. The van der Waals surface area contributed by atoms with Crippen LogP contribution in [0.5, 0.6) is 0 Å². The molecule has 5 aromatic rings. The lowest BCUT2D eigenvalue weighted by Gasteiger charge is -2.23. The number of hydrogen-bond donors (Lipinski definition) is 0. The minimum Gasteiger partial charge on any atom is -0.463 e. The van der Waals surface area contributed by atoms with Crippen molar-refractivity contribution in [2.24, 2.45) is 4.99 Å². The van der Waals surface area contributed by atoms with Crippen LogP contribution in [0.15, 0.2) is 107 Å². The summed E-state index contributed by atoms with van der Waals surface area (Å²) < 4.78 is 27.8. The minimum atomic E-state index is -0.785. The molecule has 0 bridgehead atoms. The summed E-state index contributed by atoms with van der Waals surface area (Å²) in [5.41, 5.74) is 2.68. The van der Waals surface area contributed by atoms with Gasteiger partial charge in [0.15, 0.2) is 23.7 Å². The summed E-state index contributed by atoms with van der Waals surface area (Å²) in [6.07, 6.45) is -0.119. The minimum absolute atomic E-state index is 0.0288. The first-order valence-corrected chi connectivity index (χ1v) is 15.3. The summed E-state index contributed by atoms with van der Waals surface area (Å²) in [6, 6.07) is 28.6. The predicted molar refractivity (Wildman–Crippen MR) is 173 cm³/mol. The van der Waals surface area contributed by atoms with Gasteiger partial charge in [0.05, 0.1) is 18.7 Å². The van der Waals surface area contributed by atoms with E-state index in [1.807, 2.05) is 105 Å². The van der Waals surface area contributed by atoms with Crippen molar-refractivity contribution in [2.45, 2.75) is 43.8 Å². The number of hydrogen-bond acceptors (Lipinski definition) is 9. The summed E-state index contributed by atoms with van der Waals surface area (Å²) in [6.45, 7) is 1.31. The van der Waals surface area contributed by atoms with Crippen LogP contribution in [0, 0.1) is 0 Å². The molecule has 7 rings (SSSR count). The zero-order valence-corrected chi connectivity index (χ0v) is 26.1. The van der Waals surface area contributed by atoms with Crippen LogP contribution in [-0.4, -0.2) is 75.3 Å². The molecule has 2 fully saturated rings. The van der Waals surface area contributed by atoms with Crippen molar-refractivity contribution in [1.29, 1.82) is 0 Å². The second kappa shape index (κ2) is 12.9. The van der Waals surface area contributed by atoms with Gasteiger partial charge in [-0.3, -0.25) is 18.7 Å². The SMILES string of the molecule is CC(=O)OC[C@H]1O[C@@H](n2cnc3c(=O)n(C(c4ccccc4)c4ccccc4)c(/N=C\N(C)C)nc32)[C@@H]2OC(c3ccccc3)O[C@@H]21. The molecule has 4 heterocycles. The Morgan fingerprint density at radius 1 is 0.936 bits per heavy atom. The van der Waals surface area contributed by atoms with Gasteiger partial charge >= 0.3 is 5.97 Å². The molecular weight excluding hydrogens is 600 g/mol. The molecule has 2 aliphatic rings. The van der Waals surface area contributed by atoms with E-state index in [1.165, 1.54) is 13.3 Å². The van der Waals surface area contributed by atoms with Gasteiger partial charge in [-0.1, -0.05) is 91.0 Å². The molecule has 0 spiro atoms. The largest absolute Gasteiger partial charge is 0.463 e. The van der Waals surface area contributed by atoms with Crippen molar-refractivity contribution >= 4 is 29.4 Å². The molecule has 0 aliphatic carbocycles. The van der Waals surface area contributed by atoms with Crippen LogP contribution in [0.25, 0.3) is 11.2 Å². The van der Waals surface area contributed by atoms with Gasteiger partial charge in [0.25, 0.3) is 5.56 Å². The van der Waals surface area contributed by atoms with E-state index in [0.29, 0.717) is 0 Å². The zero-order chi connectivity index (χ0) is 32.5. The summed E-state index contributed by atoms with van der Waals surface area (Å²) in [5, 5.41) is 0. The zero-order valence-electron chi connectivity index (χ0n) is 26.1. The second-order valence-electron chi connectivity index (χ2n) is 11.7. The predicted octanol–water partition coefficient (Wildman–Crippen LogP) is 4.40. The van der Waals surface area contributed by atoms with Crippen molar-refractivity contribution in [3.63, 3.8) is 0 Å². The third kappa shape index (κ3) is 5.94. The normalized spacial score (nSPS) is 22.3. The van der Waals surface area contributed by atoms with Gasteiger partial charge in [-0.25, -0.2) is 9.98 Å². The summed E-state index contributed by atoms with van der Waals surface area (Å²) in [4.78, 5) is 42.2. The van der Waals surface area contributed by atoms with Crippen LogP contribution in [0.2, 0.25) is 0 Å². The van der Waals surface area contributed by atoms with E-state index < -0.39 is 42.8 Å². The number of esters is 1. The molecular formula is C35H34N6O6. The Labute approximate surface area is 270 Å². The first kappa shape index (κ1) is 30.5. The van der Waals surface area contributed by atoms with Crippen LogP contribution in [-0.2, 0) is 23.7 Å². The van der Waals surface area contributed by atoms with E-state index in [0.717, 1.165) is 16.7 Å². The average Bonchev–Trinajstić information content (AvgIpc) is 3.80. The lowest BCUT2D eigenvalue weighted by Crippen LogP contribution is -2.32. The summed E-state index contributed by atoms with van der Waals surface area (Å²) in [5.74, 6) is -0.246. The quantitative estimate of drug-likeness (QED) is 0.132. The van der Waals surface area contributed by atoms with Crippen molar-refractivity contribution in [3.8, 4) is 0 Å². The number of aliphatic imine (C=N–C) groups is 1. The van der Waals surface area contributed by atoms with Crippen molar-refractivity contribution in [3.05, 3.63) is 124 Å². The molecule has 2 saturated heterocycles. The number of carbonyl (C=O) groups excluding carboxylic acids is 1. The Bertz CT molecular complexity index is 1910. The van der Waals surface area contributed by atoms with Crippen molar-refractivity contribution in [2.75, 3.05) is 20.7 Å². The summed E-state index contributed by atoms with van der Waals surface area (Å²) in [7, 11) is 3.69. The molecule has 240 valence electrons. The number of fused-ring (bicyclic) bond motifs is 2. The van der Waals surface area contributed by atoms with E-state index in [4.69, 9.17) is 23.9 Å². The molecule has 47 heavy (non-hydrogen) atoms. The number of rotatable bonds is 9. The lowest BCUT2D eigenvalue weighted by atomic mass is 9.98. The molecule has 12 heteroatoms. The highest BCUT2D eigenvalue weighted by Gasteiger charge is 2.54. The molecule has 0 saturated carbocycles. The Hall–Kier alpha value is -5.17. The highest BCUT2D eigenvalue weighted by Crippen LogP contribution is 2.45. The topological polar surface area (TPSA) is 122 Å². The second-order valence-corrected chi connectivity index (χ2v) is 11.7. The number of nitrogens with zero attached hydrogens (tertiary/aromatic N) is 6. The Morgan fingerprint density at radius 2 is 1.55 bits per heavy atom. The van der Waals surface area contributed by atoms with E-state index in [2.05, 4.69) is 9.98 Å². The van der Waals surface area contributed by atoms with Gasteiger partial charge in [-0.15, -0.1) is 0 Å². The van der Waals surface area contributed by atoms with Crippen LogP contribution in [0.3, 0.4) is 0 Å². The van der Waals surface area contributed by atoms with Gasteiger partial charge in [0.2, 0.25) is 5.95 Å². The van der Waals surface area contributed by atoms with Gasteiger partial charge < -0.3 is 23.8 Å². The number of ether oxygens (including phenoxy) is 4. The third-order valence-corrected chi connectivity index (χ3v) is 8.15. The monoisotopic (exact) mass is 634 g/mol. The van der Waals surface area contributed by atoms with Crippen molar-refractivity contribution < 1.29 is 23.7 Å². The van der Waals surface area contributed by atoms with E-state index in [9.17, 15) is 9.59 Å². The number of carbonyl (C=O) groups is 1. The molecule has 2 aromatic heterocycles. The molecule has 5 atom stereocenters. The van der Waals surface area contributed by atoms with E-state index in [-0.39, 0.29) is 29.3 Å². The number of aromatic nitrogens is 4. The van der Waals surface area contributed by atoms with Gasteiger partial charge in [-0.2, -0.15) is 4.98 Å². The van der Waals surface area contributed by atoms with Gasteiger partial charge in [-0.05, 0) is 11.1 Å². The highest BCUT2D eigenvalue weighted by atomic mass is 16.8. The Morgan fingerprint density at radius 3 is 2.17 bits per heavy atom. The van der Waals surface area contributed by atoms with E-state index in [1.54, 1.807) is 20.4 Å². The number of benzene rings is 3. The lowest BCUT2D eigenvalue weighted by molar-refractivity contribution is -0.165. The maximum Gasteiger partial charge on any atom is 0.302 e. The van der Waals surface area contributed by atoms with Gasteiger partial charge in [0, 0.05) is 26.6 Å². The van der Waals surface area contributed by atoms with E-state index >= 15 is 0 Å². The molecule has 0 radical (unpaired) electrons. The first-order chi connectivity index (χ1) is 22.9. The van der Waals surface area contributed by atoms with Crippen LogP contribution in [0.1, 0.15) is 42.2 Å². The molecule has 2 aliphatic heterocycles. The molecule has 0 N–H and O–H groups in total. The smallest absolute Gasteiger partial charge is 0.302 e. The van der Waals surface area contributed by atoms with Crippen LogP contribution < -0.4 is 5.56 Å². The fraction of sp³-hybridized carbons (Fsp3) is 0.286. The fourth-order valence-corrected chi connectivity index (χ4v) is 6.07. The first-order valence-electron chi connectivity index (χ1n) is 15.3. The molecule has 1 unspecified atom stereocenters. The van der Waals surface area contributed by atoms with Crippen molar-refractivity contribution in [1.82, 2.24) is 24.0 Å². The molecule has 3 aromatic carbocycles. The maximum absolute atomic E-state index is 14.5. The van der Waals surface area contributed by atoms with Crippen LogP contribution >= 0.6 is 0 Å². The fourth-order valence-electron chi connectivity index (χ4n) is 6.07. The average molecular weight is 635 g/mol. The maximum atomic E-state index is 14.5. The number of imidazole rings is 1. The van der Waals surface area contributed by atoms with Gasteiger partial charge in [0.1, 0.15) is 24.9 Å². The Kier molecular flexibility index (Phi) is 8.37. The standard InChI is InChI=1S/C35H34N6O6/c1-22(42)44-19-26-29-30(47-34(46-29)25-17-11-6-12-18-25)33(45-26)40-21-36-27-31(40)38-35(37-20-39(2)3)41(32(27)43)28(23-13-7-4-8-14-23)24-15-9-5-10-16-24/h4-18,20-21,26,28-30,33-34H,19H2,1-3H3/b37-20-/t26-,29-,30-,33-,34?/m1/s1.